The van der Waals surface area contributed by atoms with E-state index in [4.69, 9.17) is 63.6 Å². The van der Waals surface area contributed by atoms with Gasteiger partial charge in [0.2, 0.25) is 0 Å². The summed E-state index contributed by atoms with van der Waals surface area (Å²) in [5.74, 6) is 0. The monoisotopic (exact) mass is 459 g/mol. The van der Waals surface area contributed by atoms with Gasteiger partial charge < -0.3 is 11.5 Å². The van der Waals surface area contributed by atoms with E-state index in [1.165, 1.54) is 0 Å². The van der Waals surface area contributed by atoms with Crippen LogP contribution in [0.5, 0.6) is 0 Å². The Morgan fingerprint density at radius 3 is 0.905 bits per heavy atom. The van der Waals surface area contributed by atoms with E-state index in [0.29, 0.717) is 0 Å². The smallest absolute Gasteiger partial charge is 0.128 e. The number of hydrogen-bond donors (Lipinski definition) is 2. The molecule has 9 heteroatoms. The Morgan fingerprint density at radius 1 is 0.571 bits per heavy atom. The number of benzene rings is 2. The van der Waals surface area contributed by atoms with Gasteiger partial charge in [0.1, 0.15) is 11.4 Å². The molecule has 125 valence electrons. The minimum absolute atomic E-state index is 0.761. The first-order valence-electron chi connectivity index (χ1n) is 5.18. The summed E-state index contributed by atoms with van der Waals surface area (Å²) in [6, 6.07) is 14.8. The molecule has 0 heterocycles. The zero-order chi connectivity index (χ0) is 16.5. The van der Waals surface area contributed by atoms with Crippen molar-refractivity contribution in [2.24, 2.45) is 0 Å². The van der Waals surface area contributed by atoms with Crippen LogP contribution >= 0.6 is 63.6 Å². The fourth-order valence-corrected chi connectivity index (χ4v) is 1.22. The molecule has 0 saturated carbocycles. The van der Waals surface area contributed by atoms with Crippen molar-refractivity contribution in [2.45, 2.75) is 0 Å². The zero-order valence-corrected chi connectivity index (χ0v) is 16.1. The van der Waals surface area contributed by atoms with Gasteiger partial charge in [-0.3, -0.25) is 0 Å². The van der Waals surface area contributed by atoms with Crippen molar-refractivity contribution in [3.8, 4) is 0 Å². The predicted molar refractivity (Wildman–Crippen MR) is 91.4 cm³/mol. The molecule has 0 spiro atoms. The molecule has 6 N–H and O–H groups in total. The van der Waals surface area contributed by atoms with Crippen molar-refractivity contribution < 1.29 is 20.7 Å². The molecule has 2 rings (SSSR count). The van der Waals surface area contributed by atoms with Crippen LogP contribution in [-0.4, -0.2) is 0 Å². The van der Waals surface area contributed by atoms with Crippen molar-refractivity contribution in [2.75, 3.05) is 0 Å². The van der Waals surface area contributed by atoms with Gasteiger partial charge in [0.25, 0.3) is 0 Å². The minimum atomic E-state index is -2.24. The third-order valence-corrected chi connectivity index (χ3v) is 2.33. The van der Waals surface area contributed by atoms with Crippen LogP contribution in [0.1, 0.15) is 0 Å². The summed E-state index contributed by atoms with van der Waals surface area (Å²) in [5.41, 5.74) is 9.40. The average Bonchev–Trinajstić information content (AvgIpc) is 2.35. The van der Waals surface area contributed by atoms with Crippen LogP contribution < -0.4 is 11.5 Å². The minimum Gasteiger partial charge on any atom is -0.325 e. The Labute approximate surface area is 153 Å². The summed E-state index contributed by atoms with van der Waals surface area (Å²) in [4.78, 5) is 0. The third-order valence-electron chi connectivity index (χ3n) is 1.83. The van der Waals surface area contributed by atoms with Gasteiger partial charge in [-0.25, -0.2) is 0 Å². The van der Waals surface area contributed by atoms with Gasteiger partial charge in [0.05, 0.1) is 0 Å². The Balaban J connectivity index is 0.000000296. The first-order valence-corrected chi connectivity index (χ1v) is 11.1. The first-order chi connectivity index (χ1) is 9.58. The Kier molecular flexibility index (Phi) is 11.5. The van der Waals surface area contributed by atoms with Crippen molar-refractivity contribution in [3.63, 3.8) is 0 Å². The van der Waals surface area contributed by atoms with Crippen molar-refractivity contribution in [1.82, 2.24) is 0 Å². The van der Waals surface area contributed by atoms with Crippen LogP contribution in [0.4, 0.5) is 11.4 Å². The third kappa shape index (κ3) is 16.8. The summed E-state index contributed by atoms with van der Waals surface area (Å²) in [6.45, 7) is 0. The summed E-state index contributed by atoms with van der Waals surface area (Å²) in [7, 11) is 17.4. The number of rotatable bonds is 0. The van der Waals surface area contributed by atoms with Gasteiger partial charge in [-0.2, -0.15) is 0 Å². The van der Waals surface area contributed by atoms with Crippen LogP contribution in [0.25, 0.3) is 0 Å². The first kappa shape index (κ1) is 21.6. The SMILES string of the molecule is [Cl][Cu-2]([Cl])([Cl])[Cl].[NH3+]c1ccc(Cl)cc1.[NH3+]c1ccc(Cl)cc1. The fraction of sp³-hybridized carbons (Fsp3) is 0. The van der Waals surface area contributed by atoms with Crippen LogP contribution in [0.2, 0.25) is 10.0 Å². The van der Waals surface area contributed by atoms with E-state index in [1.807, 2.05) is 48.5 Å². The molecule has 2 nitrogen and oxygen atoms in total. The normalized spacial score (nSPS) is 10.7. The van der Waals surface area contributed by atoms with Gasteiger partial charge >= 0.3 is 49.6 Å². The van der Waals surface area contributed by atoms with Crippen molar-refractivity contribution in [3.05, 3.63) is 58.6 Å². The maximum absolute atomic E-state index is 5.58. The van der Waals surface area contributed by atoms with Crippen LogP contribution in [0, 0.1) is 0 Å². The number of quaternary nitrogens is 2. The molecule has 0 bridgehead atoms. The van der Waals surface area contributed by atoms with Gasteiger partial charge in [-0.05, 0) is 24.3 Å². The molecule has 0 unspecified atom stereocenters. The maximum Gasteiger partial charge on any atom is 0.128 e. The number of halogens is 6. The van der Waals surface area contributed by atoms with E-state index >= 15 is 0 Å². The quantitative estimate of drug-likeness (QED) is 0.507. The molecular weight excluding hydrogens is 448 g/mol. The Bertz CT molecular complexity index is 421. The second-order valence-electron chi connectivity index (χ2n) is 3.51. The van der Waals surface area contributed by atoms with E-state index in [2.05, 4.69) is 11.5 Å². The van der Waals surface area contributed by atoms with Gasteiger partial charge in [-0.15, -0.1) is 0 Å². The van der Waals surface area contributed by atoms with Gasteiger partial charge in [0, 0.05) is 34.3 Å². The van der Waals surface area contributed by atoms with Crippen molar-refractivity contribution >= 4 is 75.0 Å². The molecule has 0 aromatic heterocycles. The fourth-order valence-electron chi connectivity index (χ4n) is 0.969. The predicted octanol–water partition coefficient (Wildman–Crippen LogP) is 5.18. The molecule has 0 aliphatic carbocycles. The maximum atomic E-state index is 5.58. The van der Waals surface area contributed by atoms with E-state index in [-0.39, 0.29) is 0 Å². The van der Waals surface area contributed by atoms with E-state index < -0.39 is 9.20 Å². The summed E-state index contributed by atoms with van der Waals surface area (Å²) in [5, 5.41) is 1.52. The molecule has 0 atom stereocenters. The van der Waals surface area contributed by atoms with Crippen LogP contribution in [-0.2, 0) is 9.20 Å². The Hall–Kier alpha value is 0.619. The van der Waals surface area contributed by atoms with E-state index in [1.54, 1.807) is 0 Å². The largest absolute Gasteiger partial charge is 0.325 e. The Morgan fingerprint density at radius 2 is 0.762 bits per heavy atom. The second kappa shape index (κ2) is 11.2. The summed E-state index contributed by atoms with van der Waals surface area (Å²) >= 11 is 11.2. The molecule has 2 aromatic rings. The molecule has 0 fully saturated rings. The molecule has 2 aromatic carbocycles. The molecule has 0 amide bonds. The van der Waals surface area contributed by atoms with Gasteiger partial charge in [0.15, 0.2) is 0 Å². The molecule has 0 aliphatic rings. The molecule has 0 aliphatic heterocycles. The van der Waals surface area contributed by atoms with Gasteiger partial charge in [-0.1, -0.05) is 23.2 Å². The molecule has 0 saturated heterocycles. The molecular formula is C12H14Cl6CuN2. The standard InChI is InChI=1S/2C6H6ClN.4ClH.Cu/c2*7-5-1-3-6(8)4-2-5;;;;;/h2*1-4H,8H2;4*1H;/q;;;;;;+2/p-2. The van der Waals surface area contributed by atoms with E-state index in [9.17, 15) is 0 Å². The molecule has 21 heavy (non-hydrogen) atoms. The van der Waals surface area contributed by atoms with Crippen molar-refractivity contribution in [1.29, 1.82) is 0 Å². The summed E-state index contributed by atoms with van der Waals surface area (Å²) < 4.78 is 0. The molecule has 0 radical (unpaired) electrons. The second-order valence-corrected chi connectivity index (χ2v) is 13.7. The summed E-state index contributed by atoms with van der Waals surface area (Å²) in [6.07, 6.45) is 0. The van der Waals surface area contributed by atoms with Crippen LogP contribution in [0.15, 0.2) is 48.5 Å². The topological polar surface area (TPSA) is 55.3 Å². The average molecular weight is 463 g/mol. The zero-order valence-electron chi connectivity index (χ0n) is 10.6. The number of hydrogen-bond acceptors (Lipinski definition) is 0. The van der Waals surface area contributed by atoms with Crippen LogP contribution in [0.3, 0.4) is 0 Å². The van der Waals surface area contributed by atoms with E-state index in [0.717, 1.165) is 21.4 Å².